The van der Waals surface area contributed by atoms with Gasteiger partial charge < -0.3 is 20.7 Å². The Kier molecular flexibility index (Phi) is 9.92. The summed E-state index contributed by atoms with van der Waals surface area (Å²) in [5.74, 6) is 0.858. The van der Waals surface area contributed by atoms with Crippen LogP contribution >= 0.6 is 0 Å². The van der Waals surface area contributed by atoms with Crippen molar-refractivity contribution in [2.24, 2.45) is 5.73 Å². The number of benzene rings is 1. The summed E-state index contributed by atoms with van der Waals surface area (Å²) in [5.41, 5.74) is 7.14. The molecule has 0 fully saturated rings. The molecule has 0 bridgehead atoms. The van der Waals surface area contributed by atoms with Crippen LogP contribution in [0.2, 0.25) is 0 Å². The fourth-order valence-corrected chi connectivity index (χ4v) is 2.64. The summed E-state index contributed by atoms with van der Waals surface area (Å²) in [7, 11) is 0. The van der Waals surface area contributed by atoms with Crippen molar-refractivity contribution in [3.8, 4) is 5.75 Å². The topological polar surface area (TPSA) is 75.7 Å². The van der Waals surface area contributed by atoms with Gasteiger partial charge in [0.25, 0.3) is 0 Å². The van der Waals surface area contributed by atoms with Crippen molar-refractivity contribution < 1.29 is 14.9 Å². The van der Waals surface area contributed by atoms with Gasteiger partial charge in [-0.05, 0) is 31.4 Å². The molecule has 1 rings (SSSR count). The zero-order chi connectivity index (χ0) is 17.1. The van der Waals surface area contributed by atoms with E-state index in [9.17, 15) is 0 Å². The van der Waals surface area contributed by atoms with Crippen molar-refractivity contribution in [3.05, 3.63) is 29.8 Å². The molecule has 0 spiro atoms. The Balaban J connectivity index is 2.46. The van der Waals surface area contributed by atoms with Gasteiger partial charge in [-0.3, -0.25) is 0 Å². The van der Waals surface area contributed by atoms with Crippen LogP contribution in [-0.2, 0) is 6.42 Å². The van der Waals surface area contributed by atoms with Gasteiger partial charge in [0.2, 0.25) is 0 Å². The number of hydrogen-bond donors (Lipinski definition) is 3. The fraction of sp³-hybridized carbons (Fsp3) is 0.684. The Morgan fingerprint density at radius 1 is 1.04 bits per heavy atom. The largest absolute Gasteiger partial charge is 0.489 e. The zero-order valence-corrected chi connectivity index (χ0v) is 14.6. The van der Waals surface area contributed by atoms with Crippen molar-refractivity contribution in [1.29, 1.82) is 0 Å². The van der Waals surface area contributed by atoms with E-state index in [4.69, 9.17) is 20.7 Å². The number of nitrogens with two attached hydrogens (primary N) is 1. The second kappa shape index (κ2) is 11.4. The van der Waals surface area contributed by atoms with Gasteiger partial charge in [0.05, 0.1) is 0 Å². The first-order chi connectivity index (χ1) is 11.0. The highest BCUT2D eigenvalue weighted by Gasteiger charge is 2.18. The second-order valence-electron chi connectivity index (χ2n) is 6.33. The van der Waals surface area contributed by atoms with Gasteiger partial charge >= 0.3 is 0 Å². The molecule has 0 aliphatic rings. The second-order valence-corrected chi connectivity index (χ2v) is 6.33. The average molecular weight is 323 g/mol. The Morgan fingerprint density at radius 2 is 1.70 bits per heavy atom. The van der Waals surface area contributed by atoms with E-state index < -0.39 is 12.3 Å². The third-order valence-corrected chi connectivity index (χ3v) is 4.17. The Labute approximate surface area is 140 Å². The molecule has 0 saturated carbocycles. The molecule has 0 amide bonds. The fourth-order valence-electron chi connectivity index (χ4n) is 2.64. The van der Waals surface area contributed by atoms with Crippen molar-refractivity contribution in [3.63, 3.8) is 0 Å². The van der Waals surface area contributed by atoms with Crippen LogP contribution in [0.1, 0.15) is 64.4 Å². The molecule has 0 aromatic heterocycles. The van der Waals surface area contributed by atoms with Gasteiger partial charge in [-0.2, -0.15) is 0 Å². The van der Waals surface area contributed by atoms with Crippen LogP contribution in [0.15, 0.2) is 24.3 Å². The van der Waals surface area contributed by atoms with Gasteiger partial charge in [-0.1, -0.05) is 57.2 Å². The van der Waals surface area contributed by atoms with E-state index in [-0.39, 0.29) is 12.5 Å². The number of unbranched alkanes of at least 4 members (excludes halogenated alkanes) is 5. The van der Waals surface area contributed by atoms with E-state index in [1.54, 1.807) is 0 Å². The first-order valence-corrected chi connectivity index (χ1v) is 8.90. The van der Waals surface area contributed by atoms with Crippen LogP contribution in [0.4, 0.5) is 0 Å². The Morgan fingerprint density at radius 3 is 2.39 bits per heavy atom. The van der Waals surface area contributed by atoms with Crippen LogP contribution in [0.3, 0.4) is 0 Å². The SMILES string of the molecule is CCCCCCCCc1ccccc1OC(C)C(N)CC(O)O. The minimum Gasteiger partial charge on any atom is -0.489 e. The minimum absolute atomic E-state index is 0.112. The van der Waals surface area contributed by atoms with E-state index >= 15 is 0 Å². The molecular weight excluding hydrogens is 290 g/mol. The number of rotatable bonds is 12. The summed E-state index contributed by atoms with van der Waals surface area (Å²) >= 11 is 0. The summed E-state index contributed by atoms with van der Waals surface area (Å²) in [6.45, 7) is 4.10. The summed E-state index contributed by atoms with van der Waals surface area (Å²) in [5, 5.41) is 18.0. The smallest absolute Gasteiger partial charge is 0.153 e. The lowest BCUT2D eigenvalue weighted by Gasteiger charge is -2.23. The van der Waals surface area contributed by atoms with E-state index in [0.717, 1.165) is 12.2 Å². The molecule has 2 atom stereocenters. The van der Waals surface area contributed by atoms with Crippen molar-refractivity contribution in [2.75, 3.05) is 0 Å². The summed E-state index contributed by atoms with van der Waals surface area (Å²) in [4.78, 5) is 0. The molecule has 2 unspecified atom stereocenters. The van der Waals surface area contributed by atoms with Crippen molar-refractivity contribution in [2.45, 2.75) is 83.6 Å². The monoisotopic (exact) mass is 323 g/mol. The lowest BCUT2D eigenvalue weighted by atomic mass is 10.0. The van der Waals surface area contributed by atoms with Gasteiger partial charge in [0, 0.05) is 12.5 Å². The first-order valence-electron chi connectivity index (χ1n) is 8.90. The Hall–Kier alpha value is -1.10. The lowest BCUT2D eigenvalue weighted by Crippen LogP contribution is -2.39. The maximum Gasteiger partial charge on any atom is 0.153 e. The minimum atomic E-state index is -1.39. The summed E-state index contributed by atoms with van der Waals surface area (Å²) in [6, 6.07) is 7.64. The molecule has 132 valence electrons. The number of hydrogen-bond acceptors (Lipinski definition) is 4. The highest BCUT2D eigenvalue weighted by atomic mass is 16.5. The zero-order valence-electron chi connectivity index (χ0n) is 14.6. The van der Waals surface area contributed by atoms with E-state index in [2.05, 4.69) is 13.0 Å². The average Bonchev–Trinajstić information content (AvgIpc) is 2.51. The third kappa shape index (κ3) is 8.35. The maximum absolute atomic E-state index is 9.02. The third-order valence-electron chi connectivity index (χ3n) is 4.17. The van der Waals surface area contributed by atoms with Crippen LogP contribution in [0.25, 0.3) is 0 Å². The predicted octanol–water partition coefficient (Wildman–Crippen LogP) is 3.39. The molecule has 1 aromatic rings. The quantitative estimate of drug-likeness (QED) is 0.407. The van der Waals surface area contributed by atoms with E-state index in [1.807, 2.05) is 25.1 Å². The molecule has 4 nitrogen and oxygen atoms in total. The van der Waals surface area contributed by atoms with Gasteiger partial charge in [-0.25, -0.2) is 0 Å². The van der Waals surface area contributed by atoms with Gasteiger partial charge in [0.15, 0.2) is 6.29 Å². The van der Waals surface area contributed by atoms with Gasteiger partial charge in [0.1, 0.15) is 11.9 Å². The van der Waals surface area contributed by atoms with Crippen LogP contribution in [0, 0.1) is 0 Å². The normalized spacial score (nSPS) is 14.0. The first kappa shape index (κ1) is 19.9. The molecule has 4 heteroatoms. The molecular formula is C19H33NO3. The van der Waals surface area contributed by atoms with Crippen LogP contribution < -0.4 is 10.5 Å². The highest BCUT2D eigenvalue weighted by Crippen LogP contribution is 2.23. The number of para-hydroxylation sites is 1. The molecule has 0 radical (unpaired) electrons. The maximum atomic E-state index is 9.02. The molecule has 0 aliphatic carbocycles. The summed E-state index contributed by atoms with van der Waals surface area (Å²) < 4.78 is 5.96. The van der Waals surface area contributed by atoms with Gasteiger partial charge in [-0.15, -0.1) is 0 Å². The predicted molar refractivity (Wildman–Crippen MR) is 94.4 cm³/mol. The number of aliphatic hydroxyl groups excluding tert-OH is 1. The van der Waals surface area contributed by atoms with E-state index in [1.165, 1.54) is 44.1 Å². The van der Waals surface area contributed by atoms with Crippen LogP contribution in [-0.4, -0.2) is 28.6 Å². The number of ether oxygens (including phenoxy) is 1. The van der Waals surface area contributed by atoms with Crippen molar-refractivity contribution in [1.82, 2.24) is 0 Å². The molecule has 0 heterocycles. The molecule has 1 aromatic carbocycles. The molecule has 0 saturated heterocycles. The van der Waals surface area contributed by atoms with E-state index in [0.29, 0.717) is 0 Å². The number of aryl methyl sites for hydroxylation is 1. The van der Waals surface area contributed by atoms with Crippen molar-refractivity contribution >= 4 is 0 Å². The molecule has 4 N–H and O–H groups in total. The molecule has 0 aliphatic heterocycles. The standard InChI is InChI=1S/C19H33NO3/c1-3-4-5-6-7-8-11-16-12-9-10-13-18(16)23-15(2)17(20)14-19(21)22/h9-10,12-13,15,17,19,21-22H,3-8,11,14,20H2,1-2H3. The number of aliphatic hydroxyl groups is 2. The lowest BCUT2D eigenvalue weighted by molar-refractivity contribution is -0.0554. The molecule has 23 heavy (non-hydrogen) atoms. The van der Waals surface area contributed by atoms with Crippen LogP contribution in [0.5, 0.6) is 5.75 Å². The highest BCUT2D eigenvalue weighted by molar-refractivity contribution is 5.33. The Bertz CT molecular complexity index is 423. The summed E-state index contributed by atoms with van der Waals surface area (Å²) in [6.07, 6.45) is 7.10.